The highest BCUT2D eigenvalue weighted by Crippen LogP contribution is 2.21. The number of benzene rings is 1. The van der Waals surface area contributed by atoms with Gasteiger partial charge in [0.15, 0.2) is 5.60 Å². The Kier molecular flexibility index (Phi) is 5.14. The second kappa shape index (κ2) is 6.88. The molecule has 0 fully saturated rings. The van der Waals surface area contributed by atoms with Crippen molar-refractivity contribution >= 4 is 17.5 Å². The molecule has 0 unspecified atom stereocenters. The van der Waals surface area contributed by atoms with Gasteiger partial charge in [0.25, 0.3) is 5.91 Å². The number of carbonyl (C=O) groups excluding carboxylic acids is 1. The molecule has 1 heterocycles. The summed E-state index contributed by atoms with van der Waals surface area (Å²) in [5, 5.41) is 3.59. The maximum Gasteiger partial charge on any atom is 0.263 e. The topological polar surface area (TPSA) is 51.5 Å². The Morgan fingerprint density at radius 1 is 1.32 bits per heavy atom. The third kappa shape index (κ3) is 4.53. The molecule has 0 aliphatic heterocycles. The molecule has 2 rings (SSSR count). The summed E-state index contributed by atoms with van der Waals surface area (Å²) in [5.41, 5.74) is 0.0719. The summed E-state index contributed by atoms with van der Waals surface area (Å²) in [5.74, 6) is 0.436. The van der Waals surface area contributed by atoms with Gasteiger partial charge < -0.3 is 14.5 Å². The van der Waals surface area contributed by atoms with Crippen LogP contribution in [0, 0.1) is 0 Å². The number of hydrogen-bond donors (Lipinski definition) is 1. The second-order valence-corrected chi connectivity index (χ2v) is 6.21. The van der Waals surface area contributed by atoms with Gasteiger partial charge in [-0.3, -0.25) is 4.79 Å². The number of nitrogens with one attached hydrogen (secondary N) is 1. The van der Waals surface area contributed by atoms with Gasteiger partial charge >= 0.3 is 0 Å². The first-order chi connectivity index (χ1) is 10.4. The molecule has 0 aliphatic carbocycles. The van der Waals surface area contributed by atoms with Gasteiger partial charge in [0, 0.05) is 11.1 Å². The molecule has 0 saturated carbocycles. The van der Waals surface area contributed by atoms with E-state index in [-0.39, 0.29) is 11.9 Å². The molecule has 1 N–H and O–H groups in total. The molecule has 1 aromatic heterocycles. The minimum absolute atomic E-state index is 0.0156. The van der Waals surface area contributed by atoms with Gasteiger partial charge in [0.2, 0.25) is 0 Å². The summed E-state index contributed by atoms with van der Waals surface area (Å²) in [6.45, 7) is 5.42. The first-order valence-electron chi connectivity index (χ1n) is 7.13. The SMILES string of the molecule is C[C@H](Cc1ccoc1)NC(=O)C(C)(C)Oc1ccc(Cl)cc1. The molecule has 0 saturated heterocycles. The van der Waals surface area contributed by atoms with E-state index < -0.39 is 5.60 Å². The van der Waals surface area contributed by atoms with Crippen LogP contribution in [0.2, 0.25) is 5.02 Å². The van der Waals surface area contributed by atoms with Crippen molar-refractivity contribution < 1.29 is 13.9 Å². The number of ether oxygens (including phenoxy) is 1. The first kappa shape index (κ1) is 16.4. The largest absolute Gasteiger partial charge is 0.478 e. The number of amides is 1. The zero-order chi connectivity index (χ0) is 16.2. The number of carbonyl (C=O) groups is 1. The van der Waals surface area contributed by atoms with E-state index in [1.54, 1.807) is 50.6 Å². The normalized spacial score (nSPS) is 12.7. The predicted octanol–water partition coefficient (Wildman–Crippen LogP) is 3.84. The molecule has 1 atom stereocenters. The van der Waals surface area contributed by atoms with E-state index in [4.69, 9.17) is 20.8 Å². The number of hydrogen-bond acceptors (Lipinski definition) is 3. The van der Waals surface area contributed by atoms with E-state index >= 15 is 0 Å². The van der Waals surface area contributed by atoms with Crippen molar-refractivity contribution in [3.63, 3.8) is 0 Å². The third-order valence-corrected chi connectivity index (χ3v) is 3.48. The Bertz CT molecular complexity index is 605. The summed E-state index contributed by atoms with van der Waals surface area (Å²) in [6, 6.07) is 8.81. The quantitative estimate of drug-likeness (QED) is 0.879. The molecular formula is C17H20ClNO3. The van der Waals surface area contributed by atoms with E-state index in [0.717, 1.165) is 5.56 Å². The lowest BCUT2D eigenvalue weighted by molar-refractivity contribution is -0.134. The molecule has 0 bridgehead atoms. The van der Waals surface area contributed by atoms with Gasteiger partial charge in [-0.1, -0.05) is 11.6 Å². The molecule has 1 aromatic carbocycles. The molecule has 0 spiro atoms. The van der Waals surface area contributed by atoms with Crippen molar-refractivity contribution in [2.75, 3.05) is 0 Å². The third-order valence-electron chi connectivity index (χ3n) is 3.23. The predicted molar refractivity (Wildman–Crippen MR) is 86.2 cm³/mol. The van der Waals surface area contributed by atoms with Crippen molar-refractivity contribution in [1.82, 2.24) is 5.32 Å². The number of rotatable bonds is 6. The number of furan rings is 1. The summed E-state index contributed by atoms with van der Waals surface area (Å²) in [4.78, 5) is 12.4. The summed E-state index contributed by atoms with van der Waals surface area (Å²) < 4.78 is 10.8. The molecular weight excluding hydrogens is 302 g/mol. The van der Waals surface area contributed by atoms with Crippen LogP contribution in [-0.2, 0) is 11.2 Å². The van der Waals surface area contributed by atoms with Crippen molar-refractivity contribution in [3.05, 3.63) is 53.4 Å². The fourth-order valence-corrected chi connectivity index (χ4v) is 2.18. The molecule has 1 amide bonds. The lowest BCUT2D eigenvalue weighted by Gasteiger charge is -2.27. The van der Waals surface area contributed by atoms with E-state index in [0.29, 0.717) is 17.2 Å². The standard InChI is InChI=1S/C17H20ClNO3/c1-12(10-13-8-9-21-11-13)19-16(20)17(2,3)22-15-6-4-14(18)5-7-15/h4-9,11-12H,10H2,1-3H3,(H,19,20)/t12-/m1/s1. The molecule has 22 heavy (non-hydrogen) atoms. The molecule has 2 aromatic rings. The lowest BCUT2D eigenvalue weighted by atomic mass is 10.1. The van der Waals surface area contributed by atoms with Crippen LogP contribution in [0.25, 0.3) is 0 Å². The Morgan fingerprint density at radius 3 is 2.59 bits per heavy atom. The van der Waals surface area contributed by atoms with Crippen molar-refractivity contribution in [3.8, 4) is 5.75 Å². The maximum atomic E-state index is 12.4. The Labute approximate surface area is 135 Å². The van der Waals surface area contributed by atoms with E-state index in [1.165, 1.54) is 0 Å². The van der Waals surface area contributed by atoms with E-state index in [2.05, 4.69) is 5.32 Å². The van der Waals surface area contributed by atoms with E-state index in [1.807, 2.05) is 13.0 Å². The minimum Gasteiger partial charge on any atom is -0.478 e. The minimum atomic E-state index is -0.974. The summed E-state index contributed by atoms with van der Waals surface area (Å²) in [6.07, 6.45) is 4.01. The highest BCUT2D eigenvalue weighted by molar-refractivity contribution is 6.30. The van der Waals surface area contributed by atoms with Crippen molar-refractivity contribution in [2.24, 2.45) is 0 Å². The van der Waals surface area contributed by atoms with Crippen molar-refractivity contribution in [2.45, 2.75) is 38.8 Å². The van der Waals surface area contributed by atoms with Gasteiger partial charge in [-0.05, 0) is 63.1 Å². The van der Waals surface area contributed by atoms with Crippen LogP contribution >= 0.6 is 11.6 Å². The van der Waals surface area contributed by atoms with Crippen LogP contribution in [0.5, 0.6) is 5.75 Å². The van der Waals surface area contributed by atoms with Gasteiger partial charge in [0.1, 0.15) is 5.75 Å². The lowest BCUT2D eigenvalue weighted by Crippen LogP contribution is -2.49. The summed E-state index contributed by atoms with van der Waals surface area (Å²) >= 11 is 5.84. The van der Waals surface area contributed by atoms with Crippen LogP contribution in [0.3, 0.4) is 0 Å². The van der Waals surface area contributed by atoms with Crippen LogP contribution < -0.4 is 10.1 Å². The molecule has 0 aliphatic rings. The molecule has 118 valence electrons. The molecule has 5 heteroatoms. The fourth-order valence-electron chi connectivity index (χ4n) is 2.05. The number of halogens is 1. The molecule has 0 radical (unpaired) electrons. The highest BCUT2D eigenvalue weighted by atomic mass is 35.5. The zero-order valence-electron chi connectivity index (χ0n) is 12.9. The first-order valence-corrected chi connectivity index (χ1v) is 7.51. The monoisotopic (exact) mass is 321 g/mol. The van der Waals surface area contributed by atoms with Gasteiger partial charge in [0.05, 0.1) is 12.5 Å². The Hall–Kier alpha value is -1.94. The van der Waals surface area contributed by atoms with Crippen LogP contribution in [0.4, 0.5) is 0 Å². The average Bonchev–Trinajstić information content (AvgIpc) is 2.93. The maximum absolute atomic E-state index is 12.4. The smallest absolute Gasteiger partial charge is 0.263 e. The van der Waals surface area contributed by atoms with Crippen LogP contribution in [0.1, 0.15) is 26.3 Å². The van der Waals surface area contributed by atoms with Gasteiger partial charge in [-0.25, -0.2) is 0 Å². The van der Waals surface area contributed by atoms with E-state index in [9.17, 15) is 4.79 Å². The highest BCUT2D eigenvalue weighted by Gasteiger charge is 2.30. The molecule has 4 nitrogen and oxygen atoms in total. The fraction of sp³-hybridized carbons (Fsp3) is 0.353. The summed E-state index contributed by atoms with van der Waals surface area (Å²) in [7, 11) is 0. The second-order valence-electron chi connectivity index (χ2n) is 5.78. The Balaban J connectivity index is 1.93. The van der Waals surface area contributed by atoms with Gasteiger partial charge in [-0.2, -0.15) is 0 Å². The van der Waals surface area contributed by atoms with Crippen LogP contribution in [-0.4, -0.2) is 17.6 Å². The van der Waals surface area contributed by atoms with Crippen molar-refractivity contribution in [1.29, 1.82) is 0 Å². The van der Waals surface area contributed by atoms with Crippen LogP contribution in [0.15, 0.2) is 47.3 Å². The average molecular weight is 322 g/mol. The van der Waals surface area contributed by atoms with Gasteiger partial charge in [-0.15, -0.1) is 0 Å². The zero-order valence-corrected chi connectivity index (χ0v) is 13.7. The Morgan fingerprint density at radius 2 is 2.00 bits per heavy atom.